The lowest BCUT2D eigenvalue weighted by Crippen LogP contribution is -2.27. The monoisotopic (exact) mass is 447 g/mol. The van der Waals surface area contributed by atoms with Crippen LogP contribution in [0.4, 0.5) is 15.8 Å². The third-order valence-electron chi connectivity index (χ3n) is 3.96. The second kappa shape index (κ2) is 9.69. The van der Waals surface area contributed by atoms with Crippen LogP contribution in [0.2, 0.25) is 10.0 Å². The van der Waals surface area contributed by atoms with Crippen molar-refractivity contribution in [1.82, 2.24) is 5.32 Å². The second-order valence-electron chi connectivity index (χ2n) is 6.07. The Labute approximate surface area is 183 Å². The van der Waals surface area contributed by atoms with E-state index in [1.165, 1.54) is 18.2 Å². The summed E-state index contributed by atoms with van der Waals surface area (Å²) in [5.74, 6) is -1.06. The van der Waals surface area contributed by atoms with Gasteiger partial charge in [0.25, 0.3) is 5.91 Å². The summed E-state index contributed by atoms with van der Waals surface area (Å²) in [6.07, 6.45) is 0. The first-order valence-electron chi connectivity index (χ1n) is 8.57. The molecule has 0 aliphatic carbocycles. The van der Waals surface area contributed by atoms with E-state index in [-0.39, 0.29) is 5.56 Å². The zero-order chi connectivity index (χ0) is 20.8. The van der Waals surface area contributed by atoms with Gasteiger partial charge in [0.15, 0.2) is 5.11 Å². The molecule has 0 unspecified atom stereocenters. The molecule has 0 spiro atoms. The number of hydrogen-bond donors (Lipinski definition) is 3. The molecule has 3 N–H and O–H groups in total. The number of benzene rings is 3. The Balaban J connectivity index is 1.52. The largest absolute Gasteiger partial charge is 0.358 e. The van der Waals surface area contributed by atoms with E-state index in [9.17, 15) is 9.18 Å². The highest BCUT2D eigenvalue weighted by Crippen LogP contribution is 2.25. The average Bonchev–Trinajstić information content (AvgIpc) is 2.70. The van der Waals surface area contributed by atoms with Gasteiger partial charge in [-0.05, 0) is 60.2 Å². The zero-order valence-corrected chi connectivity index (χ0v) is 17.3. The van der Waals surface area contributed by atoms with Gasteiger partial charge in [-0.1, -0.05) is 47.5 Å². The Hall–Kier alpha value is -2.67. The van der Waals surface area contributed by atoms with Gasteiger partial charge in [0, 0.05) is 17.9 Å². The highest BCUT2D eigenvalue weighted by atomic mass is 35.5. The zero-order valence-electron chi connectivity index (χ0n) is 15.0. The van der Waals surface area contributed by atoms with E-state index in [1.54, 1.807) is 36.4 Å². The Morgan fingerprint density at radius 2 is 1.59 bits per heavy atom. The lowest BCUT2D eigenvalue weighted by molar-refractivity contribution is 0.102. The molecular formula is C21H16Cl2FN3OS. The Kier molecular flexibility index (Phi) is 7.04. The molecule has 0 heterocycles. The van der Waals surface area contributed by atoms with Crippen molar-refractivity contribution in [3.05, 3.63) is 93.7 Å². The highest BCUT2D eigenvalue weighted by molar-refractivity contribution is 7.80. The number of nitrogens with one attached hydrogen (secondary N) is 3. The summed E-state index contributed by atoms with van der Waals surface area (Å²) in [7, 11) is 0. The number of hydrogen-bond acceptors (Lipinski definition) is 2. The minimum Gasteiger partial charge on any atom is -0.358 e. The Bertz CT molecular complexity index is 1040. The first-order chi connectivity index (χ1) is 13.9. The summed E-state index contributed by atoms with van der Waals surface area (Å²) in [6.45, 7) is 0.481. The predicted molar refractivity (Wildman–Crippen MR) is 120 cm³/mol. The molecule has 3 aromatic carbocycles. The molecule has 0 atom stereocenters. The van der Waals surface area contributed by atoms with Crippen LogP contribution in [0.1, 0.15) is 15.9 Å². The molecule has 0 saturated heterocycles. The van der Waals surface area contributed by atoms with Gasteiger partial charge < -0.3 is 16.0 Å². The number of thiocarbonyl (C=S) groups is 1. The van der Waals surface area contributed by atoms with E-state index in [4.69, 9.17) is 35.4 Å². The maximum absolute atomic E-state index is 13.7. The molecule has 8 heteroatoms. The lowest BCUT2D eigenvalue weighted by Gasteiger charge is -2.12. The number of carbonyl (C=O) groups excluding carboxylic acids is 1. The number of rotatable bonds is 5. The Morgan fingerprint density at radius 1 is 0.897 bits per heavy atom. The first kappa shape index (κ1) is 21.0. The minimum atomic E-state index is -0.561. The molecule has 3 aromatic rings. The summed E-state index contributed by atoms with van der Waals surface area (Å²) in [5, 5.41) is 10.1. The van der Waals surface area contributed by atoms with Gasteiger partial charge in [-0.3, -0.25) is 4.79 Å². The third kappa shape index (κ3) is 5.90. The van der Waals surface area contributed by atoms with Crippen LogP contribution in [0.5, 0.6) is 0 Å². The smallest absolute Gasteiger partial charge is 0.258 e. The van der Waals surface area contributed by atoms with Crippen LogP contribution in [-0.2, 0) is 6.54 Å². The minimum absolute atomic E-state index is 0.00281. The van der Waals surface area contributed by atoms with E-state index in [0.29, 0.717) is 27.4 Å². The topological polar surface area (TPSA) is 53.2 Å². The summed E-state index contributed by atoms with van der Waals surface area (Å²) in [6, 6.07) is 18.1. The second-order valence-corrected chi connectivity index (χ2v) is 7.29. The van der Waals surface area contributed by atoms with Gasteiger partial charge in [0.05, 0.1) is 15.6 Å². The SMILES string of the molecule is O=C(Nc1ccc(CNC(=S)Nc2ccc(Cl)c(Cl)c2)cc1)c1ccccc1F. The molecule has 0 aliphatic heterocycles. The normalized spacial score (nSPS) is 10.3. The molecule has 0 aromatic heterocycles. The van der Waals surface area contributed by atoms with Crippen molar-refractivity contribution in [3.8, 4) is 0 Å². The molecule has 1 amide bonds. The maximum Gasteiger partial charge on any atom is 0.258 e. The summed E-state index contributed by atoms with van der Waals surface area (Å²) >= 11 is 17.1. The van der Waals surface area contributed by atoms with Gasteiger partial charge in [-0.2, -0.15) is 0 Å². The molecule has 0 bridgehead atoms. The van der Waals surface area contributed by atoms with Crippen LogP contribution in [0.15, 0.2) is 66.7 Å². The van der Waals surface area contributed by atoms with Crippen molar-refractivity contribution in [2.75, 3.05) is 10.6 Å². The standard InChI is InChI=1S/C21H16Cl2FN3OS/c22-17-10-9-15(11-18(17)23)27-21(29)25-12-13-5-7-14(8-6-13)26-20(28)16-3-1-2-4-19(16)24/h1-11H,12H2,(H,26,28)(H2,25,27,29). The van der Waals surface area contributed by atoms with Crippen LogP contribution < -0.4 is 16.0 Å². The fraction of sp³-hybridized carbons (Fsp3) is 0.0476. The van der Waals surface area contributed by atoms with E-state index in [1.807, 2.05) is 12.1 Å². The quantitative estimate of drug-likeness (QED) is 0.428. The van der Waals surface area contributed by atoms with Crippen molar-refractivity contribution in [1.29, 1.82) is 0 Å². The lowest BCUT2D eigenvalue weighted by atomic mass is 10.1. The van der Waals surface area contributed by atoms with E-state index >= 15 is 0 Å². The molecule has 0 fully saturated rings. The predicted octanol–water partition coefficient (Wildman–Crippen LogP) is 5.87. The maximum atomic E-state index is 13.7. The van der Waals surface area contributed by atoms with Crippen molar-refractivity contribution in [3.63, 3.8) is 0 Å². The number of amides is 1. The fourth-order valence-electron chi connectivity index (χ4n) is 2.48. The van der Waals surface area contributed by atoms with Crippen molar-refractivity contribution in [2.45, 2.75) is 6.54 Å². The fourth-order valence-corrected chi connectivity index (χ4v) is 2.97. The Morgan fingerprint density at radius 3 is 2.28 bits per heavy atom. The number of halogens is 3. The molecular weight excluding hydrogens is 432 g/mol. The van der Waals surface area contributed by atoms with Gasteiger partial charge >= 0.3 is 0 Å². The molecule has 3 rings (SSSR count). The van der Waals surface area contributed by atoms with Gasteiger partial charge in [-0.25, -0.2) is 4.39 Å². The van der Waals surface area contributed by atoms with Gasteiger partial charge in [0.2, 0.25) is 0 Å². The van der Waals surface area contributed by atoms with Crippen LogP contribution in [0.3, 0.4) is 0 Å². The average molecular weight is 448 g/mol. The van der Waals surface area contributed by atoms with Gasteiger partial charge in [0.1, 0.15) is 5.82 Å². The number of anilines is 2. The summed E-state index contributed by atoms with van der Waals surface area (Å²) < 4.78 is 13.7. The van der Waals surface area contributed by atoms with E-state index in [0.717, 1.165) is 11.3 Å². The van der Waals surface area contributed by atoms with E-state index < -0.39 is 11.7 Å². The molecule has 4 nitrogen and oxygen atoms in total. The molecule has 148 valence electrons. The summed E-state index contributed by atoms with van der Waals surface area (Å²) in [5.41, 5.74) is 2.24. The van der Waals surface area contributed by atoms with Crippen molar-refractivity contribution >= 4 is 57.8 Å². The molecule has 0 aliphatic rings. The molecule has 0 radical (unpaired) electrons. The van der Waals surface area contributed by atoms with E-state index in [2.05, 4.69) is 16.0 Å². The van der Waals surface area contributed by atoms with Gasteiger partial charge in [-0.15, -0.1) is 0 Å². The third-order valence-corrected chi connectivity index (χ3v) is 4.95. The van der Waals surface area contributed by atoms with Crippen LogP contribution >= 0.6 is 35.4 Å². The number of carbonyl (C=O) groups is 1. The van der Waals surface area contributed by atoms with Crippen LogP contribution in [-0.4, -0.2) is 11.0 Å². The first-order valence-corrected chi connectivity index (χ1v) is 9.73. The summed E-state index contributed by atoms with van der Waals surface area (Å²) in [4.78, 5) is 12.1. The van der Waals surface area contributed by atoms with Crippen molar-refractivity contribution < 1.29 is 9.18 Å². The van der Waals surface area contributed by atoms with Crippen LogP contribution in [0.25, 0.3) is 0 Å². The molecule has 0 saturated carbocycles. The molecule has 29 heavy (non-hydrogen) atoms. The van der Waals surface area contributed by atoms with Crippen molar-refractivity contribution in [2.24, 2.45) is 0 Å². The van der Waals surface area contributed by atoms with Crippen LogP contribution in [0, 0.1) is 5.82 Å². The highest BCUT2D eigenvalue weighted by Gasteiger charge is 2.10.